The molecule has 4 nitrogen and oxygen atoms in total. The summed E-state index contributed by atoms with van der Waals surface area (Å²) in [5, 5.41) is 5.09. The molecule has 70 valence electrons. The quantitative estimate of drug-likeness (QED) is 0.485. The SMILES string of the molecule is CC(C)CCCNC(=O)CN=O. The lowest BCUT2D eigenvalue weighted by atomic mass is 10.1. The minimum Gasteiger partial charge on any atom is -0.354 e. The summed E-state index contributed by atoms with van der Waals surface area (Å²) >= 11 is 0. The van der Waals surface area contributed by atoms with Gasteiger partial charge in [0.15, 0.2) is 6.54 Å². The Bertz CT molecular complexity index is 146. The van der Waals surface area contributed by atoms with Crippen LogP contribution in [0, 0.1) is 10.8 Å². The van der Waals surface area contributed by atoms with Crippen molar-refractivity contribution in [1.29, 1.82) is 0 Å². The molecule has 0 aliphatic heterocycles. The maximum atomic E-state index is 10.7. The smallest absolute Gasteiger partial charge is 0.245 e. The number of carbonyl (C=O) groups excluding carboxylic acids is 1. The minimum atomic E-state index is -0.284. The van der Waals surface area contributed by atoms with E-state index in [1.807, 2.05) is 0 Å². The van der Waals surface area contributed by atoms with Gasteiger partial charge in [-0.3, -0.25) is 4.79 Å². The van der Waals surface area contributed by atoms with E-state index < -0.39 is 0 Å². The number of hydrogen-bond donors (Lipinski definition) is 1. The van der Waals surface area contributed by atoms with Crippen molar-refractivity contribution in [2.24, 2.45) is 11.1 Å². The monoisotopic (exact) mass is 172 g/mol. The molecule has 0 heterocycles. The fraction of sp³-hybridized carbons (Fsp3) is 0.875. The van der Waals surface area contributed by atoms with Crippen LogP contribution in [0.2, 0.25) is 0 Å². The molecule has 0 bridgehead atoms. The molecule has 0 radical (unpaired) electrons. The van der Waals surface area contributed by atoms with E-state index in [4.69, 9.17) is 0 Å². The summed E-state index contributed by atoms with van der Waals surface area (Å²) in [5.41, 5.74) is 0. The van der Waals surface area contributed by atoms with Crippen LogP contribution in [-0.4, -0.2) is 19.0 Å². The number of nitrogens with zero attached hydrogens (tertiary/aromatic N) is 1. The predicted molar refractivity (Wildman–Crippen MR) is 47.7 cm³/mol. The van der Waals surface area contributed by atoms with Crippen molar-refractivity contribution in [3.63, 3.8) is 0 Å². The topological polar surface area (TPSA) is 58.5 Å². The van der Waals surface area contributed by atoms with Gasteiger partial charge >= 0.3 is 0 Å². The first kappa shape index (κ1) is 11.1. The molecule has 0 aromatic heterocycles. The zero-order valence-corrected chi connectivity index (χ0v) is 7.67. The minimum absolute atomic E-state index is 0.262. The Morgan fingerprint density at radius 3 is 2.67 bits per heavy atom. The van der Waals surface area contributed by atoms with Crippen molar-refractivity contribution in [3.8, 4) is 0 Å². The van der Waals surface area contributed by atoms with Crippen molar-refractivity contribution < 1.29 is 4.79 Å². The molecule has 0 aliphatic carbocycles. The summed E-state index contributed by atoms with van der Waals surface area (Å²) in [4.78, 5) is 20.3. The molecule has 0 saturated heterocycles. The van der Waals surface area contributed by atoms with Gasteiger partial charge in [0.2, 0.25) is 5.91 Å². The number of hydrogen-bond acceptors (Lipinski definition) is 3. The number of nitroso groups, excluding NO2 is 1. The van der Waals surface area contributed by atoms with Gasteiger partial charge in [0.25, 0.3) is 0 Å². The Morgan fingerprint density at radius 2 is 2.17 bits per heavy atom. The predicted octanol–water partition coefficient (Wildman–Crippen LogP) is 1.31. The first-order valence-electron chi connectivity index (χ1n) is 4.22. The van der Waals surface area contributed by atoms with Crippen LogP contribution in [0.3, 0.4) is 0 Å². The summed E-state index contributed by atoms with van der Waals surface area (Å²) in [5.74, 6) is 0.375. The standard InChI is InChI=1S/C8H16N2O2/c1-7(2)4-3-5-9-8(11)6-10-12/h7H,3-6H2,1-2H3,(H,9,11). The van der Waals surface area contributed by atoms with E-state index in [-0.39, 0.29) is 12.5 Å². The van der Waals surface area contributed by atoms with E-state index in [2.05, 4.69) is 24.3 Å². The van der Waals surface area contributed by atoms with E-state index >= 15 is 0 Å². The summed E-state index contributed by atoms with van der Waals surface area (Å²) in [6.07, 6.45) is 2.05. The molecule has 1 N–H and O–H groups in total. The molecule has 0 aromatic rings. The first-order chi connectivity index (χ1) is 5.66. The third kappa shape index (κ3) is 7.18. The average molecular weight is 172 g/mol. The number of amides is 1. The molecule has 0 atom stereocenters. The average Bonchev–Trinajstić information content (AvgIpc) is 1.98. The first-order valence-corrected chi connectivity index (χ1v) is 4.22. The molecule has 4 heteroatoms. The van der Waals surface area contributed by atoms with E-state index in [1.165, 1.54) is 0 Å². The van der Waals surface area contributed by atoms with Gasteiger partial charge in [0, 0.05) is 6.54 Å². The molecule has 0 unspecified atom stereocenters. The maximum Gasteiger partial charge on any atom is 0.245 e. The van der Waals surface area contributed by atoms with Crippen LogP contribution in [0.5, 0.6) is 0 Å². The van der Waals surface area contributed by atoms with Crippen LogP contribution < -0.4 is 5.32 Å². The van der Waals surface area contributed by atoms with Gasteiger partial charge in [-0.2, -0.15) is 4.91 Å². The third-order valence-electron chi connectivity index (χ3n) is 1.49. The van der Waals surface area contributed by atoms with Crippen LogP contribution >= 0.6 is 0 Å². The van der Waals surface area contributed by atoms with Crippen LogP contribution in [0.15, 0.2) is 5.18 Å². The Labute approximate surface area is 72.7 Å². The molecule has 0 aliphatic rings. The molecule has 0 spiro atoms. The van der Waals surface area contributed by atoms with Crippen molar-refractivity contribution in [3.05, 3.63) is 4.91 Å². The Kier molecular flexibility index (Phi) is 6.24. The maximum absolute atomic E-state index is 10.7. The zero-order valence-electron chi connectivity index (χ0n) is 7.67. The van der Waals surface area contributed by atoms with Crippen molar-refractivity contribution in [2.75, 3.05) is 13.1 Å². The summed E-state index contributed by atoms with van der Waals surface area (Å²) in [6, 6.07) is 0. The Balaban J connectivity index is 3.19. The molecule has 0 aromatic carbocycles. The molecule has 0 rings (SSSR count). The van der Waals surface area contributed by atoms with Crippen molar-refractivity contribution in [1.82, 2.24) is 5.32 Å². The summed E-state index contributed by atoms with van der Waals surface area (Å²) in [6.45, 7) is 4.65. The number of nitrogens with one attached hydrogen (secondary N) is 1. The highest BCUT2D eigenvalue weighted by Crippen LogP contribution is 2.01. The largest absolute Gasteiger partial charge is 0.354 e. The molecule has 0 fully saturated rings. The normalized spacial score (nSPS) is 9.92. The van der Waals surface area contributed by atoms with Gasteiger partial charge in [-0.1, -0.05) is 19.0 Å². The van der Waals surface area contributed by atoms with Crippen LogP contribution in [0.1, 0.15) is 26.7 Å². The van der Waals surface area contributed by atoms with E-state index in [1.54, 1.807) is 0 Å². The lowest BCUT2D eigenvalue weighted by Gasteiger charge is -2.04. The van der Waals surface area contributed by atoms with Crippen LogP contribution in [0.25, 0.3) is 0 Å². The Hall–Kier alpha value is -0.930. The van der Waals surface area contributed by atoms with E-state index in [9.17, 15) is 9.70 Å². The van der Waals surface area contributed by atoms with E-state index in [0.717, 1.165) is 12.8 Å². The lowest BCUT2D eigenvalue weighted by molar-refractivity contribution is -0.119. The molecular weight excluding hydrogens is 156 g/mol. The van der Waals surface area contributed by atoms with Gasteiger partial charge in [-0.05, 0) is 18.8 Å². The van der Waals surface area contributed by atoms with Crippen LogP contribution in [-0.2, 0) is 4.79 Å². The highest BCUT2D eigenvalue weighted by atomic mass is 16.3. The fourth-order valence-corrected chi connectivity index (χ4v) is 0.853. The second-order valence-electron chi connectivity index (χ2n) is 3.17. The second kappa shape index (κ2) is 6.76. The van der Waals surface area contributed by atoms with Gasteiger partial charge in [0.05, 0.1) is 0 Å². The second-order valence-corrected chi connectivity index (χ2v) is 3.17. The molecular formula is C8H16N2O2. The molecule has 1 amide bonds. The van der Waals surface area contributed by atoms with Gasteiger partial charge < -0.3 is 5.32 Å². The molecule has 12 heavy (non-hydrogen) atoms. The van der Waals surface area contributed by atoms with Crippen molar-refractivity contribution >= 4 is 5.91 Å². The highest BCUT2D eigenvalue weighted by molar-refractivity contribution is 5.77. The summed E-state index contributed by atoms with van der Waals surface area (Å²) in [7, 11) is 0. The third-order valence-corrected chi connectivity index (χ3v) is 1.49. The highest BCUT2D eigenvalue weighted by Gasteiger charge is 1.99. The van der Waals surface area contributed by atoms with Gasteiger partial charge in [0.1, 0.15) is 0 Å². The lowest BCUT2D eigenvalue weighted by Crippen LogP contribution is -2.26. The van der Waals surface area contributed by atoms with E-state index in [0.29, 0.717) is 12.5 Å². The zero-order chi connectivity index (χ0) is 9.40. The van der Waals surface area contributed by atoms with Gasteiger partial charge in [-0.25, -0.2) is 0 Å². The van der Waals surface area contributed by atoms with Gasteiger partial charge in [-0.15, -0.1) is 0 Å². The van der Waals surface area contributed by atoms with Crippen LogP contribution in [0.4, 0.5) is 0 Å². The molecule has 0 saturated carbocycles. The number of rotatable bonds is 6. The number of carbonyl (C=O) groups is 1. The fourth-order valence-electron chi connectivity index (χ4n) is 0.853. The Morgan fingerprint density at radius 1 is 1.50 bits per heavy atom. The summed E-state index contributed by atoms with van der Waals surface area (Å²) < 4.78 is 0. The van der Waals surface area contributed by atoms with Crippen molar-refractivity contribution in [2.45, 2.75) is 26.7 Å².